The predicted molar refractivity (Wildman–Crippen MR) is 62.4 cm³/mol. The highest BCUT2D eigenvalue weighted by Gasteiger charge is 2.22. The fraction of sp³-hybridized carbons (Fsp3) is 0.417. The zero-order valence-corrected chi connectivity index (χ0v) is 9.77. The molecule has 0 amide bonds. The summed E-state index contributed by atoms with van der Waals surface area (Å²) in [4.78, 5) is 11.1. The summed E-state index contributed by atoms with van der Waals surface area (Å²) in [5.41, 5.74) is 0.718. The van der Waals surface area contributed by atoms with E-state index < -0.39 is 12.0 Å². The van der Waals surface area contributed by atoms with E-state index in [1.807, 2.05) is 13.8 Å². The third-order valence-corrected chi connectivity index (χ3v) is 2.63. The first-order valence-electron chi connectivity index (χ1n) is 5.47. The Morgan fingerprint density at radius 1 is 1.35 bits per heavy atom. The Kier molecular flexibility index (Phi) is 3.08. The van der Waals surface area contributed by atoms with E-state index in [1.54, 1.807) is 18.2 Å². The Morgan fingerprint density at radius 3 is 2.71 bits per heavy atom. The Balaban J connectivity index is 2.15. The number of rotatable bonds is 4. The second kappa shape index (κ2) is 4.53. The van der Waals surface area contributed by atoms with E-state index in [2.05, 4.69) is 5.32 Å². The van der Waals surface area contributed by atoms with Crippen LogP contribution < -0.4 is 14.8 Å². The van der Waals surface area contributed by atoms with Crippen molar-refractivity contribution in [3.05, 3.63) is 18.2 Å². The van der Waals surface area contributed by atoms with Crippen LogP contribution in [0.4, 0.5) is 5.69 Å². The molecule has 1 atom stereocenters. The zero-order chi connectivity index (χ0) is 12.4. The second-order valence-corrected chi connectivity index (χ2v) is 4.27. The maximum absolute atomic E-state index is 11.1. The van der Waals surface area contributed by atoms with Crippen molar-refractivity contribution >= 4 is 11.7 Å². The normalized spacial score (nSPS) is 14.8. The topological polar surface area (TPSA) is 67.8 Å². The first-order chi connectivity index (χ1) is 8.08. The number of hydrogen-bond donors (Lipinski definition) is 2. The molecular formula is C12H15NO4. The minimum Gasteiger partial charge on any atom is -0.480 e. The molecule has 1 aromatic carbocycles. The molecule has 92 valence electrons. The zero-order valence-electron chi connectivity index (χ0n) is 9.77. The Morgan fingerprint density at radius 2 is 2.06 bits per heavy atom. The summed E-state index contributed by atoms with van der Waals surface area (Å²) in [5.74, 6) is 0.463. The van der Waals surface area contributed by atoms with Crippen LogP contribution in [-0.2, 0) is 4.79 Å². The van der Waals surface area contributed by atoms with Gasteiger partial charge in [-0.1, -0.05) is 13.8 Å². The van der Waals surface area contributed by atoms with Gasteiger partial charge in [-0.05, 0) is 18.1 Å². The van der Waals surface area contributed by atoms with Gasteiger partial charge in [0.1, 0.15) is 6.04 Å². The first-order valence-corrected chi connectivity index (χ1v) is 5.47. The van der Waals surface area contributed by atoms with Gasteiger partial charge in [0.15, 0.2) is 11.5 Å². The van der Waals surface area contributed by atoms with E-state index in [0.29, 0.717) is 11.5 Å². The lowest BCUT2D eigenvalue weighted by Gasteiger charge is -2.19. The molecule has 0 fully saturated rings. The number of nitrogens with one attached hydrogen (secondary N) is 1. The predicted octanol–water partition coefficient (Wildman–Crippen LogP) is 1.94. The van der Waals surface area contributed by atoms with Crippen molar-refractivity contribution in [1.29, 1.82) is 0 Å². The van der Waals surface area contributed by atoms with Crippen LogP contribution in [0.25, 0.3) is 0 Å². The molecule has 0 bridgehead atoms. The second-order valence-electron chi connectivity index (χ2n) is 4.27. The number of ether oxygens (including phenoxy) is 2. The quantitative estimate of drug-likeness (QED) is 0.837. The van der Waals surface area contributed by atoms with Crippen LogP contribution in [0.3, 0.4) is 0 Å². The summed E-state index contributed by atoms with van der Waals surface area (Å²) >= 11 is 0. The standard InChI is InChI=1S/C12H15NO4/c1-7(2)11(12(14)15)13-8-3-4-9-10(5-8)17-6-16-9/h3-5,7,11,13H,6H2,1-2H3,(H,14,15)/t11-/m0/s1. The molecule has 0 saturated carbocycles. The SMILES string of the molecule is CC(C)[C@H](Nc1ccc2c(c1)OCO2)C(=O)O. The molecule has 0 radical (unpaired) electrons. The van der Waals surface area contributed by atoms with Crippen molar-refractivity contribution < 1.29 is 19.4 Å². The van der Waals surface area contributed by atoms with Crippen LogP contribution in [-0.4, -0.2) is 23.9 Å². The lowest BCUT2D eigenvalue weighted by molar-refractivity contribution is -0.138. The van der Waals surface area contributed by atoms with Crippen molar-refractivity contribution in [2.75, 3.05) is 12.1 Å². The van der Waals surface area contributed by atoms with Gasteiger partial charge in [-0.2, -0.15) is 0 Å². The van der Waals surface area contributed by atoms with Crippen molar-refractivity contribution in [3.63, 3.8) is 0 Å². The van der Waals surface area contributed by atoms with E-state index in [-0.39, 0.29) is 12.7 Å². The molecule has 1 heterocycles. The molecule has 1 aliphatic rings. The number of benzene rings is 1. The molecular weight excluding hydrogens is 222 g/mol. The summed E-state index contributed by atoms with van der Waals surface area (Å²) < 4.78 is 10.4. The number of fused-ring (bicyclic) bond motifs is 1. The minimum atomic E-state index is -0.863. The number of carboxylic acids is 1. The average molecular weight is 237 g/mol. The van der Waals surface area contributed by atoms with Crippen molar-refractivity contribution in [1.82, 2.24) is 0 Å². The first kappa shape index (κ1) is 11.6. The molecule has 0 aliphatic carbocycles. The fourth-order valence-electron chi connectivity index (χ4n) is 1.68. The molecule has 5 nitrogen and oxygen atoms in total. The highest BCUT2D eigenvalue weighted by atomic mass is 16.7. The molecule has 17 heavy (non-hydrogen) atoms. The van der Waals surface area contributed by atoms with E-state index in [0.717, 1.165) is 5.69 Å². The van der Waals surface area contributed by atoms with E-state index in [1.165, 1.54) is 0 Å². The van der Waals surface area contributed by atoms with Gasteiger partial charge in [-0.3, -0.25) is 0 Å². The van der Waals surface area contributed by atoms with Gasteiger partial charge in [0, 0.05) is 11.8 Å². The van der Waals surface area contributed by atoms with Crippen molar-refractivity contribution in [2.24, 2.45) is 5.92 Å². The van der Waals surface area contributed by atoms with Gasteiger partial charge in [-0.15, -0.1) is 0 Å². The molecule has 5 heteroatoms. The van der Waals surface area contributed by atoms with Gasteiger partial charge >= 0.3 is 5.97 Å². The summed E-state index contributed by atoms with van der Waals surface area (Å²) in [7, 11) is 0. The molecule has 0 spiro atoms. The van der Waals surface area contributed by atoms with Gasteiger partial charge < -0.3 is 19.9 Å². The third-order valence-electron chi connectivity index (χ3n) is 2.63. The lowest BCUT2D eigenvalue weighted by Crippen LogP contribution is -2.34. The maximum Gasteiger partial charge on any atom is 0.326 e. The number of carbonyl (C=O) groups is 1. The van der Waals surface area contributed by atoms with Crippen LogP contribution >= 0.6 is 0 Å². The Bertz CT molecular complexity index is 431. The monoisotopic (exact) mass is 237 g/mol. The van der Waals surface area contributed by atoms with E-state index in [4.69, 9.17) is 14.6 Å². The highest BCUT2D eigenvalue weighted by Crippen LogP contribution is 2.34. The van der Waals surface area contributed by atoms with Crippen molar-refractivity contribution in [3.8, 4) is 11.5 Å². The van der Waals surface area contributed by atoms with Gasteiger partial charge in [0.25, 0.3) is 0 Å². The number of carboxylic acid groups (broad SMARTS) is 1. The molecule has 2 rings (SSSR count). The van der Waals surface area contributed by atoms with Crippen LogP contribution in [0.1, 0.15) is 13.8 Å². The van der Waals surface area contributed by atoms with E-state index >= 15 is 0 Å². The van der Waals surface area contributed by atoms with Gasteiger partial charge in [0.05, 0.1) is 0 Å². The minimum absolute atomic E-state index is 0.00192. The van der Waals surface area contributed by atoms with Gasteiger partial charge in [0.2, 0.25) is 6.79 Å². The smallest absolute Gasteiger partial charge is 0.326 e. The maximum atomic E-state index is 11.1. The van der Waals surface area contributed by atoms with Gasteiger partial charge in [-0.25, -0.2) is 4.79 Å². The molecule has 1 aromatic rings. The summed E-state index contributed by atoms with van der Waals surface area (Å²) in [6.07, 6.45) is 0. The van der Waals surface area contributed by atoms with Crippen LogP contribution in [0, 0.1) is 5.92 Å². The summed E-state index contributed by atoms with van der Waals surface area (Å²) in [6, 6.07) is 4.69. The average Bonchev–Trinajstić information content (AvgIpc) is 2.71. The number of anilines is 1. The van der Waals surface area contributed by atoms with Crippen molar-refractivity contribution in [2.45, 2.75) is 19.9 Å². The Hall–Kier alpha value is -1.91. The van der Waals surface area contributed by atoms with Crippen LogP contribution in [0.2, 0.25) is 0 Å². The summed E-state index contributed by atoms with van der Waals surface area (Å²) in [5, 5.41) is 12.1. The van der Waals surface area contributed by atoms with E-state index in [9.17, 15) is 4.79 Å². The van der Waals surface area contributed by atoms with Crippen LogP contribution in [0.5, 0.6) is 11.5 Å². The molecule has 0 unspecified atom stereocenters. The molecule has 0 saturated heterocycles. The Labute approximate surface area is 99.3 Å². The highest BCUT2D eigenvalue weighted by molar-refractivity contribution is 5.78. The molecule has 2 N–H and O–H groups in total. The fourth-order valence-corrected chi connectivity index (χ4v) is 1.68. The van der Waals surface area contributed by atoms with Crippen LogP contribution in [0.15, 0.2) is 18.2 Å². The molecule has 1 aliphatic heterocycles. The molecule has 0 aromatic heterocycles. The third kappa shape index (κ3) is 2.43. The number of hydrogen-bond acceptors (Lipinski definition) is 4. The summed E-state index contributed by atoms with van der Waals surface area (Å²) in [6.45, 7) is 3.93. The lowest BCUT2D eigenvalue weighted by atomic mass is 10.0. The number of aliphatic carboxylic acids is 1. The largest absolute Gasteiger partial charge is 0.480 e.